The maximum Gasteiger partial charge on any atom is 0.373 e. The minimum Gasteiger partial charge on any atom is -0.488 e. The molecule has 0 N–H and O–H groups in total. The Labute approximate surface area is 221 Å². The van der Waals surface area contributed by atoms with Crippen molar-refractivity contribution in [3.05, 3.63) is 105 Å². The average molecular weight is 534 g/mol. The van der Waals surface area contributed by atoms with Gasteiger partial charge < -0.3 is 13.9 Å². The zero-order valence-electron chi connectivity index (χ0n) is 19.6. The molecule has 1 aromatic heterocycles. The summed E-state index contributed by atoms with van der Waals surface area (Å²) in [4.78, 5) is 38.9. The Bertz CT molecular complexity index is 1540. The van der Waals surface area contributed by atoms with Gasteiger partial charge >= 0.3 is 5.97 Å². The van der Waals surface area contributed by atoms with Gasteiger partial charge in [-0.05, 0) is 64.5 Å². The number of fused-ring (bicyclic) bond motifs is 1. The molecule has 0 aliphatic carbocycles. The number of ether oxygens (including phenoxy) is 2. The third-order valence-corrected chi connectivity index (χ3v) is 6.91. The predicted octanol–water partition coefficient (Wildman–Crippen LogP) is 6.69. The number of nitrogens with zero attached hydrogens (tertiary/aromatic N) is 1. The molecule has 1 saturated heterocycles. The summed E-state index contributed by atoms with van der Waals surface area (Å²) < 4.78 is 16.2. The maximum atomic E-state index is 13.2. The Kier molecular flexibility index (Phi) is 7.03. The molecule has 0 spiro atoms. The molecule has 1 aliphatic rings. The second kappa shape index (κ2) is 10.5. The van der Waals surface area contributed by atoms with E-state index < -0.39 is 17.1 Å². The summed E-state index contributed by atoms with van der Waals surface area (Å²) in [6.45, 7) is 0.202. The number of methoxy groups -OCH3 is 1. The quantitative estimate of drug-likeness (QED) is 0.193. The lowest BCUT2D eigenvalue weighted by molar-refractivity contribution is -0.123. The number of rotatable bonds is 7. The number of halogens is 1. The normalized spacial score (nSPS) is 14.5. The Balaban J connectivity index is 1.44. The number of imide groups is 1. The van der Waals surface area contributed by atoms with Gasteiger partial charge in [-0.15, -0.1) is 0 Å². The number of furan rings is 1. The van der Waals surface area contributed by atoms with Crippen molar-refractivity contribution in [1.82, 2.24) is 4.90 Å². The van der Waals surface area contributed by atoms with Crippen LogP contribution in [0.3, 0.4) is 0 Å². The van der Waals surface area contributed by atoms with Gasteiger partial charge in [-0.1, -0.05) is 54.1 Å². The molecule has 0 bridgehead atoms. The number of amides is 2. The van der Waals surface area contributed by atoms with Gasteiger partial charge in [0.2, 0.25) is 5.76 Å². The van der Waals surface area contributed by atoms with E-state index in [0.29, 0.717) is 28.7 Å². The SMILES string of the molecule is COC(=O)c1ccc(CN2C(=O)S/C(=C/c3c(OCc4ccc(Cl)cc4)ccc4ccccc34)C2=O)o1. The smallest absolute Gasteiger partial charge is 0.373 e. The molecule has 186 valence electrons. The van der Waals surface area contributed by atoms with E-state index in [1.807, 2.05) is 48.5 Å². The van der Waals surface area contributed by atoms with Crippen molar-refractivity contribution in [3.63, 3.8) is 0 Å². The molecule has 3 aromatic carbocycles. The topological polar surface area (TPSA) is 86.0 Å². The molecule has 37 heavy (non-hydrogen) atoms. The van der Waals surface area contributed by atoms with E-state index >= 15 is 0 Å². The van der Waals surface area contributed by atoms with Crippen LogP contribution in [0.25, 0.3) is 16.8 Å². The number of carbonyl (C=O) groups excluding carboxylic acids is 3. The van der Waals surface area contributed by atoms with Crippen LogP contribution < -0.4 is 4.74 Å². The molecule has 0 atom stereocenters. The number of hydrogen-bond donors (Lipinski definition) is 0. The van der Waals surface area contributed by atoms with Gasteiger partial charge in [0.15, 0.2) is 0 Å². The predicted molar refractivity (Wildman–Crippen MR) is 141 cm³/mol. The van der Waals surface area contributed by atoms with E-state index in [1.165, 1.54) is 19.2 Å². The largest absolute Gasteiger partial charge is 0.488 e. The first-order valence-electron chi connectivity index (χ1n) is 11.2. The molecule has 5 rings (SSSR count). The first-order valence-corrected chi connectivity index (χ1v) is 12.4. The second-order valence-electron chi connectivity index (χ2n) is 8.14. The fourth-order valence-corrected chi connectivity index (χ4v) is 4.83. The second-order valence-corrected chi connectivity index (χ2v) is 9.57. The number of benzene rings is 3. The maximum absolute atomic E-state index is 13.2. The highest BCUT2D eigenvalue weighted by atomic mass is 35.5. The summed E-state index contributed by atoms with van der Waals surface area (Å²) >= 11 is 6.83. The van der Waals surface area contributed by atoms with Crippen molar-refractivity contribution in [3.8, 4) is 5.75 Å². The van der Waals surface area contributed by atoms with Crippen LogP contribution in [0.15, 0.2) is 82.1 Å². The molecular formula is C28H20ClNO6S. The van der Waals surface area contributed by atoms with Crippen molar-refractivity contribution >= 4 is 57.3 Å². The first kappa shape index (κ1) is 24.7. The molecule has 1 aliphatic heterocycles. The lowest BCUT2D eigenvalue weighted by Gasteiger charge is -2.13. The van der Waals surface area contributed by atoms with Gasteiger partial charge in [0.05, 0.1) is 18.6 Å². The van der Waals surface area contributed by atoms with Gasteiger partial charge in [-0.25, -0.2) is 4.79 Å². The molecule has 2 amide bonds. The van der Waals surface area contributed by atoms with Crippen LogP contribution in [-0.4, -0.2) is 29.1 Å². The van der Waals surface area contributed by atoms with E-state index in [1.54, 1.807) is 18.2 Å². The molecular weight excluding hydrogens is 514 g/mol. The summed E-state index contributed by atoms with van der Waals surface area (Å²) in [5.41, 5.74) is 1.64. The van der Waals surface area contributed by atoms with E-state index in [0.717, 1.165) is 33.0 Å². The van der Waals surface area contributed by atoms with Gasteiger partial charge in [-0.2, -0.15) is 0 Å². The Morgan fingerprint density at radius 1 is 1.03 bits per heavy atom. The molecule has 7 nitrogen and oxygen atoms in total. The zero-order chi connectivity index (χ0) is 25.9. The van der Waals surface area contributed by atoms with Crippen LogP contribution in [0.2, 0.25) is 5.02 Å². The Morgan fingerprint density at radius 3 is 2.59 bits per heavy atom. The van der Waals surface area contributed by atoms with Gasteiger partial charge in [0.1, 0.15) is 18.1 Å². The third kappa shape index (κ3) is 5.26. The van der Waals surface area contributed by atoms with E-state index in [9.17, 15) is 14.4 Å². The minimum atomic E-state index is -0.637. The number of thioether (sulfide) groups is 1. The molecule has 0 unspecified atom stereocenters. The summed E-state index contributed by atoms with van der Waals surface area (Å²) in [5.74, 6) is -0.224. The number of hydrogen-bond acceptors (Lipinski definition) is 7. The summed E-state index contributed by atoms with van der Waals surface area (Å²) in [7, 11) is 1.24. The van der Waals surface area contributed by atoms with Crippen molar-refractivity contribution in [2.45, 2.75) is 13.2 Å². The van der Waals surface area contributed by atoms with Crippen molar-refractivity contribution in [2.24, 2.45) is 0 Å². The average Bonchev–Trinajstić information content (AvgIpc) is 3.49. The third-order valence-electron chi connectivity index (χ3n) is 5.75. The lowest BCUT2D eigenvalue weighted by atomic mass is 10.0. The van der Waals surface area contributed by atoms with Crippen LogP contribution in [0.4, 0.5) is 4.79 Å². The first-order chi connectivity index (χ1) is 17.9. The van der Waals surface area contributed by atoms with Crippen molar-refractivity contribution < 1.29 is 28.3 Å². The molecule has 0 saturated carbocycles. The van der Waals surface area contributed by atoms with Crippen LogP contribution in [0.1, 0.15) is 27.4 Å². The standard InChI is InChI=1S/C28H20ClNO6S/c1-34-27(32)24-13-11-20(36-24)15-30-26(31)25(37-28(30)33)14-22-21-5-3-2-4-18(21)8-12-23(22)35-16-17-6-9-19(29)10-7-17/h2-14H,15-16H2,1H3/b25-14+. The summed E-state index contributed by atoms with van der Waals surface area (Å²) in [5, 5.41) is 2.06. The molecule has 9 heteroatoms. The van der Waals surface area contributed by atoms with Crippen molar-refractivity contribution in [1.29, 1.82) is 0 Å². The fourth-order valence-electron chi connectivity index (χ4n) is 3.89. The van der Waals surface area contributed by atoms with Crippen LogP contribution in [0, 0.1) is 0 Å². The van der Waals surface area contributed by atoms with E-state index in [2.05, 4.69) is 4.74 Å². The van der Waals surface area contributed by atoms with Crippen LogP contribution >= 0.6 is 23.4 Å². The molecule has 1 fully saturated rings. The van der Waals surface area contributed by atoms with E-state index in [-0.39, 0.29) is 17.2 Å². The Hall–Kier alpha value is -4.01. The van der Waals surface area contributed by atoms with Gasteiger partial charge in [0.25, 0.3) is 11.1 Å². The Morgan fingerprint density at radius 2 is 1.81 bits per heavy atom. The number of esters is 1. The van der Waals surface area contributed by atoms with Crippen LogP contribution in [-0.2, 0) is 22.7 Å². The van der Waals surface area contributed by atoms with Crippen LogP contribution in [0.5, 0.6) is 5.75 Å². The van der Waals surface area contributed by atoms with Gasteiger partial charge in [0, 0.05) is 10.6 Å². The highest BCUT2D eigenvalue weighted by Crippen LogP contribution is 2.37. The van der Waals surface area contributed by atoms with Crippen molar-refractivity contribution in [2.75, 3.05) is 7.11 Å². The number of carbonyl (C=O) groups is 3. The summed E-state index contributed by atoms with van der Waals surface area (Å²) in [6.07, 6.45) is 1.69. The fraction of sp³-hybridized carbons (Fsp3) is 0.107. The lowest BCUT2D eigenvalue weighted by Crippen LogP contribution is -2.27. The molecule has 0 radical (unpaired) electrons. The zero-order valence-corrected chi connectivity index (χ0v) is 21.2. The molecule has 2 heterocycles. The summed E-state index contributed by atoms with van der Waals surface area (Å²) in [6, 6.07) is 21.9. The van der Waals surface area contributed by atoms with Gasteiger partial charge in [-0.3, -0.25) is 14.5 Å². The highest BCUT2D eigenvalue weighted by Gasteiger charge is 2.36. The van der Waals surface area contributed by atoms with E-state index in [4.69, 9.17) is 20.8 Å². The minimum absolute atomic E-state index is 0.00162. The highest BCUT2D eigenvalue weighted by molar-refractivity contribution is 8.18. The monoisotopic (exact) mass is 533 g/mol. The molecule has 4 aromatic rings.